The molecule has 3 nitrogen and oxygen atoms in total. The van der Waals surface area contributed by atoms with Gasteiger partial charge in [-0.3, -0.25) is 0 Å². The summed E-state index contributed by atoms with van der Waals surface area (Å²) < 4.78 is 14.8. The predicted octanol–water partition coefficient (Wildman–Crippen LogP) is 9.88. The van der Waals surface area contributed by atoms with Crippen molar-refractivity contribution < 1.29 is 8.69 Å². The Morgan fingerprint density at radius 2 is 0.829 bits per heavy atom. The van der Waals surface area contributed by atoms with Gasteiger partial charge in [-0.15, -0.1) is 0 Å². The first kappa shape index (κ1) is 34.9. The Morgan fingerprint density at radius 1 is 0.571 bits per heavy atom. The smallest absolute Gasteiger partial charge is 0.436 e. The maximum atomic E-state index is 9.91. The zero-order chi connectivity index (χ0) is 27.4. The maximum Gasteiger partial charge on any atom is 0.436 e. The molecule has 0 fully saturated rings. The quantitative estimate of drug-likeness (QED) is 0.158. The second kappa shape index (κ2) is 16.7. The lowest BCUT2D eigenvalue weighted by Crippen LogP contribution is -2.53. The summed E-state index contributed by atoms with van der Waals surface area (Å²) in [7, 11) is -4.38. The van der Waals surface area contributed by atoms with Crippen molar-refractivity contribution in [3.63, 3.8) is 0 Å². The summed E-state index contributed by atoms with van der Waals surface area (Å²) >= 11 is 0. The molecule has 0 aromatic carbocycles. The summed E-state index contributed by atoms with van der Waals surface area (Å²) in [5.41, 5.74) is 0. The van der Waals surface area contributed by atoms with Gasteiger partial charge in [-0.2, -0.15) is 5.26 Å². The zero-order valence-electron chi connectivity index (χ0n) is 26.0. The van der Waals surface area contributed by atoms with Crippen molar-refractivity contribution in [1.29, 1.82) is 5.26 Å². The fourth-order valence-electron chi connectivity index (χ4n) is 6.47. The third-order valence-electron chi connectivity index (χ3n) is 6.60. The fraction of sp³-hybridized carbons (Fsp3) is 0.966. The summed E-state index contributed by atoms with van der Waals surface area (Å²) in [5.74, 6) is 3.67. The van der Waals surface area contributed by atoms with Crippen LogP contribution in [0.1, 0.15) is 96.4 Å². The molecule has 1 unspecified atom stereocenters. The van der Waals surface area contributed by atoms with Crippen molar-refractivity contribution >= 4 is 23.8 Å². The minimum absolute atomic E-state index is 0.00676. The first-order valence-electron chi connectivity index (χ1n) is 14.8. The van der Waals surface area contributed by atoms with E-state index in [0.29, 0.717) is 35.5 Å². The summed E-state index contributed by atoms with van der Waals surface area (Å²) in [5, 5.41) is 9.91. The van der Waals surface area contributed by atoms with Crippen LogP contribution in [0.15, 0.2) is 0 Å². The molecule has 0 N–H and O–H groups in total. The highest BCUT2D eigenvalue weighted by Gasteiger charge is 2.46. The van der Waals surface area contributed by atoms with E-state index in [0.717, 1.165) is 12.7 Å². The summed E-state index contributed by atoms with van der Waals surface area (Å²) in [6.07, 6.45) is 1.58. The molecule has 6 heteroatoms. The highest BCUT2D eigenvalue weighted by molar-refractivity contribution is 6.84. The van der Waals surface area contributed by atoms with E-state index in [1.165, 1.54) is 36.3 Å². The van der Waals surface area contributed by atoms with Crippen LogP contribution in [0.25, 0.3) is 0 Å². The Bertz CT molecular complexity index is 509. The van der Waals surface area contributed by atoms with Gasteiger partial charge >= 0.3 is 7.12 Å². The van der Waals surface area contributed by atoms with Crippen LogP contribution in [-0.4, -0.2) is 23.8 Å². The van der Waals surface area contributed by atoms with E-state index in [2.05, 4.69) is 96.1 Å². The van der Waals surface area contributed by atoms with Crippen LogP contribution in [0.3, 0.4) is 0 Å². The molecule has 0 aliphatic heterocycles. The van der Waals surface area contributed by atoms with Gasteiger partial charge in [-0.1, -0.05) is 90.0 Å². The Morgan fingerprint density at radius 3 is 1.00 bits per heavy atom. The van der Waals surface area contributed by atoms with Crippen LogP contribution in [-0.2, 0) is 8.69 Å². The van der Waals surface area contributed by atoms with E-state index in [1.54, 1.807) is 0 Å². The Labute approximate surface area is 223 Å². The topological polar surface area (TPSA) is 42.2 Å². The average molecular weight is 524 g/mol. The molecule has 0 heterocycles. The molecule has 0 aromatic rings. The van der Waals surface area contributed by atoms with Gasteiger partial charge in [-0.05, 0) is 84.5 Å². The van der Waals surface area contributed by atoms with Gasteiger partial charge in [0.1, 0.15) is 0 Å². The van der Waals surface area contributed by atoms with Crippen molar-refractivity contribution in [3.05, 3.63) is 0 Å². The first-order chi connectivity index (χ1) is 16.1. The Hall–Kier alpha value is -0.0913. The largest absolute Gasteiger partial charge is 0.453 e. The van der Waals surface area contributed by atoms with E-state index in [4.69, 9.17) is 8.69 Å². The van der Waals surface area contributed by atoms with Gasteiger partial charge < -0.3 is 8.69 Å². The molecule has 0 bridgehead atoms. The summed E-state index contributed by atoms with van der Waals surface area (Å²) in [6.45, 7) is 30.3. The van der Waals surface area contributed by atoms with Gasteiger partial charge in [0.05, 0.1) is 6.07 Å². The Kier molecular flexibility index (Phi) is 16.6. The average Bonchev–Trinajstić information content (AvgIpc) is 2.61. The number of rotatable bonds is 19. The standard InChI is InChI=1S/C29H62BNO2Si2/c1-14-29(16-31)15-30(32-34(17-23(2)3,18-24(4)5)19-25(6)7)33-35(20-26(8)9,21-27(10)11)22-28(12)13/h23-29H,14-15,17-22H2,1-13H3. The van der Waals surface area contributed by atoms with Crippen molar-refractivity contribution in [2.75, 3.05) is 0 Å². The van der Waals surface area contributed by atoms with Crippen molar-refractivity contribution in [2.45, 2.75) is 139 Å². The molecule has 0 aliphatic rings. The zero-order valence-corrected chi connectivity index (χ0v) is 28.0. The van der Waals surface area contributed by atoms with Gasteiger partial charge in [-0.25, -0.2) is 0 Å². The molecular formula is C29H62BNO2Si2. The molecule has 0 saturated carbocycles. The molecule has 0 amide bonds. The minimum Gasteiger partial charge on any atom is -0.453 e. The molecule has 0 saturated heterocycles. The molecule has 35 heavy (non-hydrogen) atoms. The van der Waals surface area contributed by atoms with Crippen LogP contribution >= 0.6 is 0 Å². The summed E-state index contributed by atoms with van der Waals surface area (Å²) in [4.78, 5) is 0. The number of nitriles is 1. The Balaban J connectivity index is 6.56. The third-order valence-corrected chi connectivity index (χ3v) is 17.5. The van der Waals surface area contributed by atoms with Crippen LogP contribution in [0.5, 0.6) is 0 Å². The highest BCUT2D eigenvalue weighted by Crippen LogP contribution is 2.38. The van der Waals surface area contributed by atoms with Crippen molar-refractivity contribution in [1.82, 2.24) is 0 Å². The molecule has 0 rings (SSSR count). The molecular weight excluding hydrogens is 461 g/mol. The second-order valence-electron chi connectivity index (χ2n) is 14.1. The molecule has 0 spiro atoms. The lowest BCUT2D eigenvalue weighted by Gasteiger charge is -2.43. The van der Waals surface area contributed by atoms with Crippen LogP contribution < -0.4 is 0 Å². The van der Waals surface area contributed by atoms with E-state index >= 15 is 0 Å². The molecule has 206 valence electrons. The van der Waals surface area contributed by atoms with Crippen LogP contribution in [0, 0.1) is 52.8 Å². The van der Waals surface area contributed by atoms with E-state index in [1.807, 2.05) is 0 Å². The van der Waals surface area contributed by atoms with Crippen LogP contribution in [0.4, 0.5) is 0 Å². The maximum absolute atomic E-state index is 9.91. The fourth-order valence-corrected chi connectivity index (χ4v) is 18.5. The normalized spacial score (nSPS) is 14.1. The predicted molar refractivity (Wildman–Crippen MR) is 162 cm³/mol. The highest BCUT2D eigenvalue weighted by atomic mass is 28.4. The lowest BCUT2D eigenvalue weighted by molar-refractivity contribution is 0.363. The van der Waals surface area contributed by atoms with Gasteiger partial charge in [0, 0.05) is 5.92 Å². The molecule has 0 aliphatic carbocycles. The van der Waals surface area contributed by atoms with E-state index < -0.39 is 16.6 Å². The molecule has 1 atom stereocenters. The van der Waals surface area contributed by atoms with Gasteiger partial charge in [0.15, 0.2) is 16.6 Å². The van der Waals surface area contributed by atoms with Gasteiger partial charge in [0.25, 0.3) is 0 Å². The number of nitrogens with zero attached hydrogens (tertiary/aromatic N) is 1. The van der Waals surface area contributed by atoms with E-state index in [9.17, 15) is 5.26 Å². The molecule has 0 aromatic heterocycles. The summed E-state index contributed by atoms with van der Waals surface area (Å²) in [6, 6.07) is 9.65. The van der Waals surface area contributed by atoms with Crippen LogP contribution in [0.2, 0.25) is 42.6 Å². The second-order valence-corrected chi connectivity index (χ2v) is 21.7. The van der Waals surface area contributed by atoms with Crippen molar-refractivity contribution in [2.24, 2.45) is 41.4 Å². The lowest BCUT2D eigenvalue weighted by atomic mass is 9.78. The third kappa shape index (κ3) is 15.0. The number of hydrogen-bond acceptors (Lipinski definition) is 3. The minimum atomic E-state index is -2.07. The van der Waals surface area contributed by atoms with Gasteiger partial charge in [0.2, 0.25) is 0 Å². The number of hydrogen-bond donors (Lipinski definition) is 0. The monoisotopic (exact) mass is 523 g/mol. The first-order valence-corrected chi connectivity index (χ1v) is 19.9. The van der Waals surface area contributed by atoms with E-state index in [-0.39, 0.29) is 13.0 Å². The van der Waals surface area contributed by atoms with Crippen molar-refractivity contribution in [3.8, 4) is 6.07 Å². The SMILES string of the molecule is CCC(C#N)CB(O[Si](CC(C)C)(CC(C)C)CC(C)C)O[Si](CC(C)C)(CC(C)C)CC(C)C. The molecule has 0 radical (unpaired) electrons.